The second-order valence-electron chi connectivity index (χ2n) is 40.5. The molecule has 9 aromatic heterocycles. The smallest absolute Gasteiger partial charge is 0.213 e. The first-order valence-corrected chi connectivity index (χ1v) is 50.2. The Morgan fingerprint density at radius 3 is 0.986 bits per heavy atom. The average molecular weight is 2310 g/mol. The molecule has 22 nitrogen and oxygen atoms in total. The van der Waals surface area contributed by atoms with Gasteiger partial charge in [0.05, 0.1) is 110 Å². The third-order valence-electron chi connectivity index (χ3n) is 23.6. The first kappa shape index (κ1) is 110. The van der Waals surface area contributed by atoms with Gasteiger partial charge in [-0.2, -0.15) is 38.6 Å². The molecule has 0 spiro atoms. The molecule has 15 rings (SSSR count). The van der Waals surface area contributed by atoms with Gasteiger partial charge in [-0.05, 0) is 261 Å². The fourth-order valence-electron chi connectivity index (χ4n) is 15.7. The summed E-state index contributed by atoms with van der Waals surface area (Å²) in [7, 11) is 0. The SMILES string of the molecule is C#C[C@@H](Cc1cc(Cl)c2ncc(C#N)c(NCC(C)(C)C)c2c1)c1ccc(F)nc1C.CC1(N=[N+]=[N-])CC1.Cc1nc(F)ccc1[C@@H](C#CI)Cc1cc(Cl)c2ncc(C#N)c(NCC(C)(C)C)c2c1.Cc1nc(F)ccc1[C@@H](C#CI)Cc1cc(Cl)c2ncc(C#N)c(NCC(C)(C)C)c2c1.Cc1nc(F)ccc1[C@H](Cc1cc(Cl)c2ncc(C#N)c(NCC(C)(C)C)c2c1)c1nnn(C2(C)CC2)c1I. The molecule has 33 heteroatoms. The summed E-state index contributed by atoms with van der Waals surface area (Å²) in [6.07, 6.45) is 18.4. The van der Waals surface area contributed by atoms with Crippen molar-refractivity contribution in [2.75, 3.05) is 47.4 Å². The summed E-state index contributed by atoms with van der Waals surface area (Å²) in [6.45, 7) is 39.5. The number of benzene rings is 4. The first-order valence-electron chi connectivity index (χ1n) is 45.4. The van der Waals surface area contributed by atoms with Crippen LogP contribution in [0.15, 0.2) is 127 Å². The fourth-order valence-corrected chi connectivity index (χ4v) is 18.8. The lowest BCUT2D eigenvalue weighted by Crippen LogP contribution is -2.20. The number of anilines is 4. The molecule has 141 heavy (non-hydrogen) atoms. The zero-order valence-corrected chi connectivity index (χ0v) is 91.1. The van der Waals surface area contributed by atoms with Gasteiger partial charge in [-0.15, -0.1) is 11.5 Å². The summed E-state index contributed by atoms with van der Waals surface area (Å²) >= 11 is 32.9. The largest absolute Gasteiger partial charge is 0.383 e. The van der Waals surface area contributed by atoms with E-state index in [2.05, 4.69) is 244 Å². The van der Waals surface area contributed by atoms with Crippen molar-refractivity contribution < 1.29 is 17.6 Å². The number of azide groups is 1. The summed E-state index contributed by atoms with van der Waals surface area (Å²) < 4.78 is 63.3. The lowest BCUT2D eigenvalue weighted by atomic mass is 9.88. The summed E-state index contributed by atoms with van der Waals surface area (Å²) in [6, 6.07) is 36.8. The molecule has 726 valence electrons. The molecule has 2 aliphatic carbocycles. The Hall–Kier alpha value is -11.5. The van der Waals surface area contributed by atoms with Gasteiger partial charge in [-0.25, -0.2) is 24.6 Å². The summed E-state index contributed by atoms with van der Waals surface area (Å²) in [5, 5.41) is 70.3. The molecule has 0 saturated heterocycles. The van der Waals surface area contributed by atoms with E-state index in [9.17, 15) is 38.6 Å². The number of aromatic nitrogens is 11. The Bertz CT molecular complexity index is 7140. The van der Waals surface area contributed by atoms with Gasteiger partial charge in [0.15, 0.2) is 0 Å². The molecular formula is C108H107Cl4F4I3N22. The first-order chi connectivity index (χ1) is 66.5. The quantitative estimate of drug-likeness (QED) is 0.00879. The number of aryl methyl sites for hydroxylation is 4. The maximum absolute atomic E-state index is 14.0. The van der Waals surface area contributed by atoms with Gasteiger partial charge >= 0.3 is 0 Å². The van der Waals surface area contributed by atoms with Crippen LogP contribution in [0.4, 0.5) is 40.3 Å². The molecule has 0 radical (unpaired) electrons. The molecule has 4 atom stereocenters. The summed E-state index contributed by atoms with van der Waals surface area (Å²) in [5.41, 5.74) is 25.7. The van der Waals surface area contributed by atoms with E-state index in [0.29, 0.717) is 145 Å². The monoisotopic (exact) mass is 2310 g/mol. The molecule has 0 aliphatic heterocycles. The highest BCUT2D eigenvalue weighted by molar-refractivity contribution is 14.1. The number of pyridine rings is 8. The van der Waals surface area contributed by atoms with Crippen molar-refractivity contribution in [3.63, 3.8) is 0 Å². The highest BCUT2D eigenvalue weighted by Gasteiger charge is 2.43. The number of terminal acetylenes is 1. The number of nitrogens with one attached hydrogen (secondary N) is 4. The number of rotatable bonds is 23. The molecular weight excluding hydrogens is 2200 g/mol. The number of nitrogens with zero attached hydrogens (tertiary/aromatic N) is 18. The zero-order chi connectivity index (χ0) is 103. The van der Waals surface area contributed by atoms with E-state index in [1.54, 1.807) is 63.6 Å². The molecule has 2 fully saturated rings. The second-order valence-corrected chi connectivity index (χ2v) is 44.2. The van der Waals surface area contributed by atoms with E-state index >= 15 is 0 Å². The van der Waals surface area contributed by atoms with Crippen LogP contribution in [0.25, 0.3) is 54.1 Å². The standard InChI is InChI=1S/C29H30ClFIN7.2C25H23ClFIN4.C25H24ClFN4.C4H7N3/c1-16-19(6-7-23(31)36-16)20(26-27(32)39(38-37-26)29(5)8-9-29)10-17-11-21-24(35-15-28(2,3)4)18(13-33)14-34-25(21)22(30)12-17;2*1-15-19(5-6-22(27)32-15)17(7-8-28)9-16-10-20-23(31-14-25(2,3)4)18(12-29)13-30-24(20)21(26)11-16;1-6-17(19-7-8-22(27)31-15(19)2)9-16-10-20-23(30-14-25(3,4)5)18(12-28)13-29-24(20)21(26)11-16;1-4(2-3-4)6-7-5/h6-7,11-12,14,20H,8-10,15H2,1-5H3,(H,34,35);2*5-6,10-11,13,17H,9,14H2,1-4H3,(H,30,31);1,7-8,10-11,13,17H,9,14H2,2-5H3,(H,29,30);2-3H2,1H3/t20-;3*17-;/m0000./s1. The van der Waals surface area contributed by atoms with Crippen LogP contribution in [0.2, 0.25) is 20.1 Å². The maximum atomic E-state index is 14.0. The van der Waals surface area contributed by atoms with Gasteiger partial charge in [0.25, 0.3) is 0 Å². The Kier molecular flexibility index (Phi) is 36.7. The van der Waals surface area contributed by atoms with Gasteiger partial charge in [-0.3, -0.25) is 19.9 Å². The topological polar surface area (TPSA) is 326 Å². The number of fused-ring (bicyclic) bond motifs is 4. The van der Waals surface area contributed by atoms with Crippen molar-refractivity contribution in [1.29, 1.82) is 21.0 Å². The Labute approximate surface area is 882 Å². The van der Waals surface area contributed by atoms with E-state index < -0.39 is 23.8 Å². The number of nitriles is 4. The molecule has 0 amide bonds. The number of hydrogen-bond donors (Lipinski definition) is 4. The van der Waals surface area contributed by atoms with E-state index in [4.69, 9.17) is 58.4 Å². The van der Waals surface area contributed by atoms with E-state index in [1.165, 1.54) is 30.5 Å². The second kappa shape index (κ2) is 47.1. The molecule has 4 aromatic carbocycles. The third-order valence-corrected chi connectivity index (χ3v) is 26.4. The van der Waals surface area contributed by atoms with Crippen LogP contribution in [0, 0.1) is 154 Å². The normalized spacial score (nSPS) is 13.5. The molecule has 13 aromatic rings. The lowest BCUT2D eigenvalue weighted by molar-refractivity contribution is 0.443. The van der Waals surface area contributed by atoms with Gasteiger partial charge in [0, 0.05) is 157 Å². The molecule has 0 unspecified atom stereocenters. The van der Waals surface area contributed by atoms with Crippen LogP contribution < -0.4 is 21.3 Å². The minimum atomic E-state index is -0.532. The van der Waals surface area contributed by atoms with Crippen LogP contribution in [0.1, 0.15) is 242 Å². The number of halogens is 11. The van der Waals surface area contributed by atoms with Crippen LogP contribution in [0.5, 0.6) is 0 Å². The van der Waals surface area contributed by atoms with E-state index in [0.717, 1.165) is 118 Å². The van der Waals surface area contributed by atoms with Gasteiger partial charge in [-0.1, -0.05) is 189 Å². The van der Waals surface area contributed by atoms with Gasteiger partial charge in [0.2, 0.25) is 23.8 Å². The van der Waals surface area contributed by atoms with Crippen molar-refractivity contribution in [1.82, 2.24) is 54.9 Å². The van der Waals surface area contributed by atoms with Gasteiger partial charge in [0.1, 0.15) is 33.7 Å². The van der Waals surface area contributed by atoms with E-state index in [1.807, 2.05) is 112 Å². The minimum absolute atomic E-state index is 0.00262. The highest BCUT2D eigenvalue weighted by atomic mass is 127. The van der Waals surface area contributed by atoms with Crippen LogP contribution in [0.3, 0.4) is 0 Å². The maximum Gasteiger partial charge on any atom is 0.213 e. The molecule has 0 bridgehead atoms. The van der Waals surface area contributed by atoms with Crippen molar-refractivity contribution in [2.24, 2.45) is 26.8 Å². The molecule has 9 heterocycles. The van der Waals surface area contributed by atoms with Crippen molar-refractivity contribution in [3.8, 4) is 56.3 Å². The highest BCUT2D eigenvalue weighted by Crippen LogP contribution is 2.47. The van der Waals surface area contributed by atoms with Crippen molar-refractivity contribution >= 4 is 181 Å². The predicted octanol–water partition coefficient (Wildman–Crippen LogP) is 28.6. The summed E-state index contributed by atoms with van der Waals surface area (Å²) in [5.74, 6) is 6.26. The Morgan fingerprint density at radius 1 is 0.454 bits per heavy atom. The molecule has 2 aliphatic rings. The predicted molar refractivity (Wildman–Crippen MR) is 583 cm³/mol. The van der Waals surface area contributed by atoms with Crippen LogP contribution >= 0.6 is 114 Å². The van der Waals surface area contributed by atoms with Crippen molar-refractivity contribution in [3.05, 3.63) is 275 Å². The fraction of sp³-hybridized carbons (Fsp3) is 0.370. The molecule has 4 N–H and O–H groups in total. The molecule has 2 saturated carbocycles. The van der Waals surface area contributed by atoms with E-state index in [-0.39, 0.29) is 56.4 Å². The van der Waals surface area contributed by atoms with Gasteiger partial charge < -0.3 is 21.3 Å². The summed E-state index contributed by atoms with van der Waals surface area (Å²) in [4.78, 5) is 36.3. The zero-order valence-electron chi connectivity index (χ0n) is 81.6. The van der Waals surface area contributed by atoms with Crippen LogP contribution in [-0.2, 0) is 31.2 Å². The average Bonchev–Trinajstić information content (AvgIpc) is 1.63. The lowest BCUT2D eigenvalue weighted by Gasteiger charge is -2.22. The Morgan fingerprint density at radius 2 is 0.738 bits per heavy atom. The van der Waals surface area contributed by atoms with Crippen LogP contribution in [-0.4, -0.2) is 86.6 Å². The number of hydrogen-bond acceptors (Lipinski definition) is 19. The third kappa shape index (κ3) is 29.2. The Balaban J connectivity index is 0.000000176. The minimum Gasteiger partial charge on any atom is -0.383 e. The van der Waals surface area contributed by atoms with Crippen molar-refractivity contribution in [2.45, 2.75) is 211 Å².